The lowest BCUT2D eigenvalue weighted by molar-refractivity contribution is -0.199. The number of ketones is 1. The summed E-state index contributed by atoms with van der Waals surface area (Å²) in [7, 11) is 0. The van der Waals surface area contributed by atoms with Gasteiger partial charge in [0.05, 0.1) is 5.69 Å². The summed E-state index contributed by atoms with van der Waals surface area (Å²) in [4.78, 5) is 28.4. The molecule has 1 aromatic rings. The SMILES string of the molecule is CC(=O)Nc1c(OSOON)ccc2c1CCC1C2CCC2(C)C(=O)CCC12. The lowest BCUT2D eigenvalue weighted by Gasteiger charge is -2.48. The third kappa shape index (κ3) is 3.22. The van der Waals surface area contributed by atoms with Crippen LogP contribution in [0.5, 0.6) is 5.75 Å². The van der Waals surface area contributed by atoms with Crippen LogP contribution in [0.3, 0.4) is 0 Å². The Bertz CT molecular complexity index is 801. The van der Waals surface area contributed by atoms with E-state index in [9.17, 15) is 9.59 Å². The molecule has 4 atom stereocenters. The summed E-state index contributed by atoms with van der Waals surface area (Å²) in [5.41, 5.74) is 2.94. The molecule has 0 bridgehead atoms. The Balaban J connectivity index is 1.67. The first kappa shape index (κ1) is 19.7. The Morgan fingerprint density at radius 2 is 2.11 bits per heavy atom. The van der Waals surface area contributed by atoms with Gasteiger partial charge >= 0.3 is 0 Å². The summed E-state index contributed by atoms with van der Waals surface area (Å²) in [6.45, 7) is 3.66. The predicted octanol–water partition coefficient (Wildman–Crippen LogP) is 3.83. The van der Waals surface area contributed by atoms with Crippen molar-refractivity contribution < 1.29 is 23.1 Å². The standard InChI is InChI=1S/C20H26N2O5S/c1-11(23)22-19-15-4-3-14-13(9-10-20(2)16(14)6-8-18(20)24)12(15)5-7-17(19)25-28-27-26-21/h5,7,13-14,16H,3-4,6,8-10,21H2,1-2H3,(H,22,23). The molecule has 8 heteroatoms. The molecule has 1 aromatic carbocycles. The van der Waals surface area contributed by atoms with Gasteiger partial charge in [-0.2, -0.15) is 5.90 Å². The summed E-state index contributed by atoms with van der Waals surface area (Å²) >= 11 is 0.597. The van der Waals surface area contributed by atoms with Gasteiger partial charge < -0.3 is 9.50 Å². The van der Waals surface area contributed by atoms with E-state index in [0.29, 0.717) is 47.3 Å². The quantitative estimate of drug-likeness (QED) is 0.332. The fraction of sp³-hybridized carbons (Fsp3) is 0.600. The van der Waals surface area contributed by atoms with Gasteiger partial charge in [-0.05, 0) is 67.1 Å². The van der Waals surface area contributed by atoms with E-state index >= 15 is 0 Å². The lowest BCUT2D eigenvalue weighted by Crippen LogP contribution is -2.42. The Morgan fingerprint density at radius 1 is 1.29 bits per heavy atom. The minimum atomic E-state index is -0.154. The monoisotopic (exact) mass is 406 g/mol. The van der Waals surface area contributed by atoms with Gasteiger partial charge in [0, 0.05) is 18.8 Å². The Morgan fingerprint density at radius 3 is 2.86 bits per heavy atom. The Kier molecular flexibility index (Phi) is 5.39. The maximum atomic E-state index is 12.5. The smallest absolute Gasteiger partial charge is 0.260 e. The average molecular weight is 407 g/mol. The number of hydrogen-bond donors (Lipinski definition) is 2. The van der Waals surface area contributed by atoms with E-state index in [1.807, 2.05) is 6.07 Å². The zero-order valence-electron chi connectivity index (χ0n) is 16.2. The highest BCUT2D eigenvalue weighted by Gasteiger charge is 2.54. The maximum Gasteiger partial charge on any atom is 0.260 e. The Hall–Kier alpha value is -1.61. The first-order valence-electron chi connectivity index (χ1n) is 9.79. The van der Waals surface area contributed by atoms with Crippen LogP contribution in [-0.4, -0.2) is 11.7 Å². The fourth-order valence-corrected chi connectivity index (χ4v) is 6.14. The first-order valence-corrected chi connectivity index (χ1v) is 10.5. The third-order valence-electron chi connectivity index (χ3n) is 7.08. The zero-order valence-corrected chi connectivity index (χ0v) is 17.0. The molecule has 0 heterocycles. The van der Waals surface area contributed by atoms with E-state index in [0.717, 1.165) is 44.1 Å². The number of hydrogen-bond acceptors (Lipinski definition) is 7. The van der Waals surface area contributed by atoms with Crippen LogP contribution < -0.4 is 15.4 Å². The number of Topliss-reactive ketones (excluding diaryl/α,β-unsaturated/α-hetero) is 1. The van der Waals surface area contributed by atoms with Crippen LogP contribution in [0, 0.1) is 17.3 Å². The van der Waals surface area contributed by atoms with E-state index in [-0.39, 0.29) is 11.3 Å². The molecule has 28 heavy (non-hydrogen) atoms. The van der Waals surface area contributed by atoms with Crippen LogP contribution in [0.2, 0.25) is 0 Å². The van der Waals surface area contributed by atoms with Crippen molar-refractivity contribution in [1.29, 1.82) is 0 Å². The summed E-state index contributed by atoms with van der Waals surface area (Å²) in [6, 6.07) is 3.95. The molecule has 2 fully saturated rings. The summed E-state index contributed by atoms with van der Waals surface area (Å²) in [5, 5.41) is 2.93. The topological polar surface area (TPSA) is 99.9 Å². The number of anilines is 1. The van der Waals surface area contributed by atoms with Crippen LogP contribution in [0.25, 0.3) is 0 Å². The lowest BCUT2D eigenvalue weighted by atomic mass is 9.55. The van der Waals surface area contributed by atoms with Crippen molar-refractivity contribution in [3.8, 4) is 5.75 Å². The van der Waals surface area contributed by atoms with Crippen LogP contribution in [0.4, 0.5) is 5.69 Å². The molecule has 0 saturated heterocycles. The number of carbonyl (C=O) groups is 2. The van der Waals surface area contributed by atoms with Crippen LogP contribution in [0.1, 0.15) is 63.0 Å². The normalized spacial score (nSPS) is 31.0. The number of carbonyl (C=O) groups excluding carboxylic acids is 2. The van der Waals surface area contributed by atoms with Crippen molar-refractivity contribution in [2.45, 2.75) is 58.3 Å². The van der Waals surface area contributed by atoms with E-state index < -0.39 is 0 Å². The van der Waals surface area contributed by atoms with Gasteiger partial charge in [0.2, 0.25) is 5.91 Å². The number of nitrogens with two attached hydrogens (primary N) is 1. The molecule has 0 radical (unpaired) electrons. The van der Waals surface area contributed by atoms with Crippen LogP contribution >= 0.6 is 12.3 Å². The highest BCUT2D eigenvalue weighted by Crippen LogP contribution is 2.60. The van der Waals surface area contributed by atoms with Gasteiger partial charge in [0.25, 0.3) is 12.3 Å². The van der Waals surface area contributed by atoms with Crippen molar-refractivity contribution >= 4 is 29.7 Å². The minimum absolute atomic E-state index is 0.140. The molecule has 152 valence electrons. The number of nitrogens with one attached hydrogen (secondary N) is 1. The molecule has 3 aliphatic carbocycles. The van der Waals surface area contributed by atoms with Gasteiger partial charge in [-0.3, -0.25) is 9.59 Å². The van der Waals surface area contributed by atoms with Crippen molar-refractivity contribution in [2.75, 3.05) is 5.32 Å². The molecule has 0 aromatic heterocycles. The van der Waals surface area contributed by atoms with Crippen molar-refractivity contribution in [3.05, 3.63) is 23.3 Å². The van der Waals surface area contributed by atoms with Gasteiger partial charge in [-0.15, -0.1) is 9.32 Å². The predicted molar refractivity (Wildman–Crippen MR) is 105 cm³/mol. The van der Waals surface area contributed by atoms with E-state index in [2.05, 4.69) is 27.6 Å². The second-order valence-electron chi connectivity index (χ2n) is 8.34. The molecular weight excluding hydrogens is 380 g/mol. The van der Waals surface area contributed by atoms with Crippen LogP contribution in [-0.2, 0) is 25.3 Å². The van der Waals surface area contributed by atoms with Crippen molar-refractivity contribution in [2.24, 2.45) is 23.1 Å². The molecule has 3 aliphatic rings. The number of fused-ring (bicyclic) bond motifs is 5. The van der Waals surface area contributed by atoms with E-state index in [1.54, 1.807) is 0 Å². The fourth-order valence-electron chi connectivity index (χ4n) is 5.87. The van der Waals surface area contributed by atoms with E-state index in [4.69, 9.17) is 10.1 Å². The molecule has 4 rings (SSSR count). The summed E-state index contributed by atoms with van der Waals surface area (Å²) in [6.07, 6.45) is 5.57. The molecule has 3 N–H and O–H groups in total. The molecule has 0 spiro atoms. The second-order valence-corrected chi connectivity index (χ2v) is 8.78. The van der Waals surface area contributed by atoms with Crippen LogP contribution in [0.15, 0.2) is 12.1 Å². The average Bonchev–Trinajstić information content (AvgIpc) is 2.97. The van der Waals surface area contributed by atoms with Gasteiger partial charge in [0.15, 0.2) is 5.75 Å². The summed E-state index contributed by atoms with van der Waals surface area (Å²) < 4.78 is 10.0. The maximum absolute atomic E-state index is 12.5. The number of amides is 1. The summed E-state index contributed by atoms with van der Waals surface area (Å²) in [5.74, 6) is 7.06. The van der Waals surface area contributed by atoms with Gasteiger partial charge in [-0.1, -0.05) is 13.0 Å². The molecular formula is C20H26N2O5S. The third-order valence-corrected chi connectivity index (χ3v) is 7.46. The zero-order chi connectivity index (χ0) is 19.9. The second kappa shape index (κ2) is 7.67. The number of rotatable bonds is 5. The minimum Gasteiger partial charge on any atom is -0.396 e. The molecule has 0 aliphatic heterocycles. The first-order chi connectivity index (χ1) is 13.5. The number of benzene rings is 1. The van der Waals surface area contributed by atoms with Crippen molar-refractivity contribution in [1.82, 2.24) is 0 Å². The van der Waals surface area contributed by atoms with Gasteiger partial charge in [-0.25, -0.2) is 0 Å². The van der Waals surface area contributed by atoms with E-state index in [1.165, 1.54) is 12.5 Å². The molecule has 2 saturated carbocycles. The van der Waals surface area contributed by atoms with Crippen molar-refractivity contribution in [3.63, 3.8) is 0 Å². The molecule has 1 amide bonds. The largest absolute Gasteiger partial charge is 0.396 e. The molecule has 4 unspecified atom stereocenters. The highest BCUT2D eigenvalue weighted by atomic mass is 32.2. The molecule has 7 nitrogen and oxygen atoms in total. The highest BCUT2D eigenvalue weighted by molar-refractivity contribution is 7.90. The Labute approximate surface area is 169 Å². The van der Waals surface area contributed by atoms with Gasteiger partial charge in [0.1, 0.15) is 5.78 Å².